The van der Waals surface area contributed by atoms with Crippen LogP contribution in [0.15, 0.2) is 18.2 Å². The minimum atomic E-state index is -0.974. The molecule has 0 radical (unpaired) electrons. The van der Waals surface area contributed by atoms with E-state index in [1.54, 1.807) is 0 Å². The molecule has 6 heteroatoms. The molecule has 0 saturated carbocycles. The summed E-state index contributed by atoms with van der Waals surface area (Å²) in [7, 11) is 0. The molecule has 19 heavy (non-hydrogen) atoms. The van der Waals surface area contributed by atoms with Crippen molar-refractivity contribution >= 4 is 11.9 Å². The van der Waals surface area contributed by atoms with Crippen LogP contribution in [-0.4, -0.2) is 23.5 Å². The molecule has 0 bridgehead atoms. The average molecular weight is 271 g/mol. The number of hydrogen-bond donors (Lipinski definition) is 2. The number of rotatable bonds is 5. The maximum Gasteiger partial charge on any atom is 0.309 e. The lowest BCUT2D eigenvalue weighted by Gasteiger charge is -2.18. The lowest BCUT2D eigenvalue weighted by Crippen LogP contribution is -2.32. The predicted molar refractivity (Wildman–Crippen MR) is 64.7 cm³/mol. The van der Waals surface area contributed by atoms with Gasteiger partial charge in [-0.3, -0.25) is 9.59 Å². The van der Waals surface area contributed by atoms with Crippen LogP contribution in [0.3, 0.4) is 0 Å². The van der Waals surface area contributed by atoms with E-state index < -0.39 is 28.9 Å². The molecule has 0 spiro atoms. The van der Waals surface area contributed by atoms with Crippen molar-refractivity contribution in [3.8, 4) is 0 Å². The quantitative estimate of drug-likeness (QED) is 0.862. The first-order valence-electron chi connectivity index (χ1n) is 5.70. The minimum Gasteiger partial charge on any atom is -0.481 e. The molecule has 4 nitrogen and oxygen atoms in total. The maximum atomic E-state index is 12.9. The van der Waals surface area contributed by atoms with E-state index in [0.717, 1.165) is 12.1 Å². The van der Waals surface area contributed by atoms with Crippen LogP contribution in [-0.2, 0) is 4.79 Å². The fourth-order valence-electron chi connectivity index (χ4n) is 1.38. The standard InChI is InChI=1S/C13H15F2NO3/c1-13(2,12(18)19)3-4-16-11(17)8-5-9(14)7-10(15)6-8/h5-7H,3-4H2,1-2H3,(H,16,17)(H,18,19). The predicted octanol–water partition coefficient (Wildman–Crippen LogP) is 2.20. The van der Waals surface area contributed by atoms with E-state index in [9.17, 15) is 18.4 Å². The highest BCUT2D eigenvalue weighted by atomic mass is 19.1. The lowest BCUT2D eigenvalue weighted by atomic mass is 9.90. The molecule has 1 amide bonds. The van der Waals surface area contributed by atoms with Crippen LogP contribution in [0.1, 0.15) is 30.6 Å². The van der Waals surface area contributed by atoms with Gasteiger partial charge in [0.1, 0.15) is 11.6 Å². The van der Waals surface area contributed by atoms with Gasteiger partial charge in [0.05, 0.1) is 5.41 Å². The second kappa shape index (κ2) is 5.77. The summed E-state index contributed by atoms with van der Waals surface area (Å²) in [4.78, 5) is 22.5. The second-order valence-electron chi connectivity index (χ2n) is 4.85. The fraction of sp³-hybridized carbons (Fsp3) is 0.385. The van der Waals surface area contributed by atoms with Gasteiger partial charge >= 0.3 is 5.97 Å². The van der Waals surface area contributed by atoms with E-state index in [4.69, 9.17) is 5.11 Å². The molecule has 1 rings (SSSR count). The van der Waals surface area contributed by atoms with Crippen molar-refractivity contribution in [2.45, 2.75) is 20.3 Å². The first kappa shape index (κ1) is 15.1. The molecule has 0 aromatic heterocycles. The zero-order valence-electron chi connectivity index (χ0n) is 10.7. The van der Waals surface area contributed by atoms with Crippen LogP contribution in [0.2, 0.25) is 0 Å². The molecular weight excluding hydrogens is 256 g/mol. The molecule has 0 aliphatic rings. The number of hydrogen-bond acceptors (Lipinski definition) is 2. The average Bonchev–Trinajstić information content (AvgIpc) is 2.27. The Hall–Kier alpha value is -1.98. The van der Waals surface area contributed by atoms with Crippen LogP contribution in [0.4, 0.5) is 8.78 Å². The Kier molecular flexibility index (Phi) is 4.58. The van der Waals surface area contributed by atoms with E-state index in [0.29, 0.717) is 6.07 Å². The van der Waals surface area contributed by atoms with E-state index in [-0.39, 0.29) is 18.5 Å². The summed E-state index contributed by atoms with van der Waals surface area (Å²) < 4.78 is 25.8. The zero-order chi connectivity index (χ0) is 14.6. The van der Waals surface area contributed by atoms with Crippen molar-refractivity contribution in [2.24, 2.45) is 5.41 Å². The third-order valence-corrected chi connectivity index (χ3v) is 2.74. The van der Waals surface area contributed by atoms with Crippen molar-refractivity contribution in [3.63, 3.8) is 0 Å². The molecule has 0 atom stereocenters. The van der Waals surface area contributed by atoms with Crippen molar-refractivity contribution in [2.75, 3.05) is 6.54 Å². The van der Waals surface area contributed by atoms with Crippen LogP contribution >= 0.6 is 0 Å². The van der Waals surface area contributed by atoms with Crippen molar-refractivity contribution in [1.82, 2.24) is 5.32 Å². The molecule has 1 aromatic rings. The van der Waals surface area contributed by atoms with Gasteiger partial charge in [0, 0.05) is 18.2 Å². The van der Waals surface area contributed by atoms with Crippen molar-refractivity contribution < 1.29 is 23.5 Å². The Morgan fingerprint density at radius 3 is 2.21 bits per heavy atom. The smallest absolute Gasteiger partial charge is 0.309 e. The Morgan fingerprint density at radius 1 is 1.21 bits per heavy atom. The van der Waals surface area contributed by atoms with Gasteiger partial charge in [0.2, 0.25) is 0 Å². The van der Waals surface area contributed by atoms with Crippen molar-refractivity contribution in [1.29, 1.82) is 0 Å². The van der Waals surface area contributed by atoms with Gasteiger partial charge in [-0.15, -0.1) is 0 Å². The highest BCUT2D eigenvalue weighted by Crippen LogP contribution is 2.19. The zero-order valence-corrected chi connectivity index (χ0v) is 10.7. The van der Waals surface area contributed by atoms with E-state index in [1.807, 2.05) is 0 Å². The summed E-state index contributed by atoms with van der Waals surface area (Å²) in [5, 5.41) is 11.3. The Balaban J connectivity index is 2.59. The number of benzene rings is 1. The molecule has 0 unspecified atom stereocenters. The van der Waals surface area contributed by atoms with Gasteiger partial charge in [-0.05, 0) is 32.4 Å². The Morgan fingerprint density at radius 2 is 1.74 bits per heavy atom. The first-order valence-corrected chi connectivity index (χ1v) is 5.70. The number of carbonyl (C=O) groups excluding carboxylic acids is 1. The normalized spacial score (nSPS) is 11.2. The van der Waals surface area contributed by atoms with Gasteiger partial charge in [-0.1, -0.05) is 0 Å². The summed E-state index contributed by atoms with van der Waals surface area (Å²) >= 11 is 0. The lowest BCUT2D eigenvalue weighted by molar-refractivity contribution is -0.147. The molecule has 1 aromatic carbocycles. The molecule has 0 saturated heterocycles. The third-order valence-electron chi connectivity index (χ3n) is 2.74. The highest BCUT2D eigenvalue weighted by Gasteiger charge is 2.26. The minimum absolute atomic E-state index is 0.107. The van der Waals surface area contributed by atoms with E-state index in [1.165, 1.54) is 13.8 Å². The van der Waals surface area contributed by atoms with Gasteiger partial charge in [0.15, 0.2) is 0 Å². The molecule has 0 fully saturated rings. The monoisotopic (exact) mass is 271 g/mol. The van der Waals surface area contributed by atoms with Gasteiger partial charge < -0.3 is 10.4 Å². The largest absolute Gasteiger partial charge is 0.481 e. The van der Waals surface area contributed by atoms with Crippen LogP contribution in [0, 0.1) is 17.0 Å². The molecule has 104 valence electrons. The van der Waals surface area contributed by atoms with Crippen LogP contribution in [0.25, 0.3) is 0 Å². The Bertz CT molecular complexity index is 480. The molecular formula is C13H15F2NO3. The fourth-order valence-corrected chi connectivity index (χ4v) is 1.38. The number of carboxylic acid groups (broad SMARTS) is 1. The summed E-state index contributed by atoms with van der Waals surface area (Å²) in [5.74, 6) is -3.29. The van der Waals surface area contributed by atoms with Crippen molar-refractivity contribution in [3.05, 3.63) is 35.4 Å². The Labute approximate surface area is 109 Å². The molecule has 0 aliphatic heterocycles. The highest BCUT2D eigenvalue weighted by molar-refractivity contribution is 5.94. The number of nitrogens with one attached hydrogen (secondary N) is 1. The number of amides is 1. The van der Waals surface area contributed by atoms with Gasteiger partial charge in [-0.2, -0.15) is 0 Å². The topological polar surface area (TPSA) is 66.4 Å². The summed E-state index contributed by atoms with van der Waals surface area (Å²) in [6, 6.07) is 2.51. The van der Waals surface area contributed by atoms with E-state index in [2.05, 4.69) is 5.32 Å². The molecule has 0 heterocycles. The third kappa shape index (κ3) is 4.31. The van der Waals surface area contributed by atoms with Gasteiger partial charge in [0.25, 0.3) is 5.91 Å². The summed E-state index contributed by atoms with van der Waals surface area (Å²) in [5.41, 5.74) is -1.11. The van der Waals surface area contributed by atoms with Crippen LogP contribution in [0.5, 0.6) is 0 Å². The number of carboxylic acids is 1. The molecule has 2 N–H and O–H groups in total. The van der Waals surface area contributed by atoms with Crippen LogP contribution < -0.4 is 5.32 Å². The maximum absolute atomic E-state index is 12.9. The number of aliphatic carboxylic acids is 1. The first-order chi connectivity index (χ1) is 8.72. The molecule has 0 aliphatic carbocycles. The van der Waals surface area contributed by atoms with E-state index >= 15 is 0 Å². The van der Waals surface area contributed by atoms with Gasteiger partial charge in [-0.25, -0.2) is 8.78 Å². The second-order valence-corrected chi connectivity index (χ2v) is 4.85. The summed E-state index contributed by atoms with van der Waals surface area (Å²) in [6.07, 6.45) is 0.214. The number of carbonyl (C=O) groups is 2. The SMILES string of the molecule is CC(C)(CCNC(=O)c1cc(F)cc(F)c1)C(=O)O. The number of halogens is 2. The summed E-state index contributed by atoms with van der Waals surface area (Å²) in [6.45, 7) is 3.17.